The van der Waals surface area contributed by atoms with Crippen LogP contribution in [0.1, 0.15) is 28.8 Å². The molecule has 98 valence electrons. The quantitative estimate of drug-likeness (QED) is 0.893. The van der Waals surface area contributed by atoms with Crippen molar-refractivity contribution in [3.05, 3.63) is 29.3 Å². The molecular weight excluding hydrogens is 230 g/mol. The monoisotopic (exact) mass is 249 g/mol. The maximum atomic E-state index is 11.3. The first-order valence-electron chi connectivity index (χ1n) is 6.24. The minimum atomic E-state index is -0.859. The first-order valence-corrected chi connectivity index (χ1v) is 6.24. The van der Waals surface area contributed by atoms with Gasteiger partial charge in [0, 0.05) is 20.2 Å². The Labute approximate surface area is 107 Å². The van der Waals surface area contributed by atoms with Gasteiger partial charge in [-0.1, -0.05) is 12.1 Å². The van der Waals surface area contributed by atoms with Gasteiger partial charge in [-0.3, -0.25) is 0 Å². The van der Waals surface area contributed by atoms with E-state index in [0.717, 1.165) is 37.2 Å². The number of carboxylic acids is 1. The normalized spacial score (nSPS) is 16.9. The standard InChI is InChI=1S/C14H19NO3/c1-10-4-3-5-12(14(16)17)13(10)15-8-6-11(18-2)7-9-15/h3-5,11H,6-9H2,1-2H3,(H,16,17). The van der Waals surface area contributed by atoms with Crippen molar-refractivity contribution in [3.8, 4) is 0 Å². The SMILES string of the molecule is COC1CCN(c2c(C)cccc2C(=O)O)CC1. The Balaban J connectivity index is 2.26. The van der Waals surface area contributed by atoms with E-state index in [0.29, 0.717) is 11.7 Å². The van der Waals surface area contributed by atoms with Gasteiger partial charge in [-0.05, 0) is 31.4 Å². The van der Waals surface area contributed by atoms with Crippen molar-refractivity contribution in [2.45, 2.75) is 25.9 Å². The van der Waals surface area contributed by atoms with E-state index in [-0.39, 0.29) is 0 Å². The van der Waals surface area contributed by atoms with E-state index in [4.69, 9.17) is 4.74 Å². The van der Waals surface area contributed by atoms with E-state index in [9.17, 15) is 9.90 Å². The van der Waals surface area contributed by atoms with Gasteiger partial charge in [0.1, 0.15) is 0 Å². The molecule has 0 spiro atoms. The fraction of sp³-hybridized carbons (Fsp3) is 0.500. The number of ether oxygens (including phenoxy) is 1. The number of rotatable bonds is 3. The van der Waals surface area contributed by atoms with Crippen LogP contribution in [-0.4, -0.2) is 37.4 Å². The van der Waals surface area contributed by atoms with E-state index in [1.807, 2.05) is 13.0 Å². The highest BCUT2D eigenvalue weighted by Gasteiger charge is 2.23. The predicted molar refractivity (Wildman–Crippen MR) is 70.4 cm³/mol. The van der Waals surface area contributed by atoms with Crippen LogP contribution in [0.25, 0.3) is 0 Å². The minimum Gasteiger partial charge on any atom is -0.478 e. The average molecular weight is 249 g/mol. The van der Waals surface area contributed by atoms with Crippen LogP contribution in [0, 0.1) is 6.92 Å². The number of carboxylic acid groups (broad SMARTS) is 1. The molecule has 2 rings (SSSR count). The van der Waals surface area contributed by atoms with Crippen molar-refractivity contribution in [1.29, 1.82) is 0 Å². The number of hydrogen-bond donors (Lipinski definition) is 1. The van der Waals surface area contributed by atoms with Crippen molar-refractivity contribution in [3.63, 3.8) is 0 Å². The van der Waals surface area contributed by atoms with Crippen molar-refractivity contribution >= 4 is 11.7 Å². The topological polar surface area (TPSA) is 49.8 Å². The van der Waals surface area contributed by atoms with Gasteiger partial charge in [0.25, 0.3) is 0 Å². The second-order valence-corrected chi connectivity index (χ2v) is 4.70. The van der Waals surface area contributed by atoms with Crippen LogP contribution in [0.3, 0.4) is 0 Å². The molecule has 1 aromatic rings. The molecule has 1 aliphatic heterocycles. The number of para-hydroxylation sites is 1. The number of anilines is 1. The molecular formula is C14H19NO3. The fourth-order valence-electron chi connectivity index (χ4n) is 2.57. The van der Waals surface area contributed by atoms with Crippen LogP contribution in [0.4, 0.5) is 5.69 Å². The first-order chi connectivity index (χ1) is 8.63. The summed E-state index contributed by atoms with van der Waals surface area (Å²) in [7, 11) is 1.73. The number of piperidine rings is 1. The highest BCUT2D eigenvalue weighted by atomic mass is 16.5. The zero-order valence-electron chi connectivity index (χ0n) is 10.8. The van der Waals surface area contributed by atoms with Crippen LogP contribution in [0.15, 0.2) is 18.2 Å². The van der Waals surface area contributed by atoms with E-state index in [1.54, 1.807) is 19.2 Å². The van der Waals surface area contributed by atoms with Gasteiger partial charge < -0.3 is 14.7 Å². The molecule has 0 bridgehead atoms. The fourth-order valence-corrected chi connectivity index (χ4v) is 2.57. The number of aryl methyl sites for hydroxylation is 1. The Bertz CT molecular complexity index is 437. The summed E-state index contributed by atoms with van der Waals surface area (Å²) in [6, 6.07) is 5.43. The number of carbonyl (C=O) groups is 1. The molecule has 4 heteroatoms. The molecule has 4 nitrogen and oxygen atoms in total. The van der Waals surface area contributed by atoms with Crippen LogP contribution >= 0.6 is 0 Å². The second-order valence-electron chi connectivity index (χ2n) is 4.70. The van der Waals surface area contributed by atoms with Crippen LogP contribution in [-0.2, 0) is 4.74 Å². The highest BCUT2D eigenvalue weighted by molar-refractivity contribution is 5.95. The third-order valence-corrected chi connectivity index (χ3v) is 3.56. The summed E-state index contributed by atoms with van der Waals surface area (Å²) < 4.78 is 5.34. The van der Waals surface area contributed by atoms with Gasteiger partial charge in [-0.15, -0.1) is 0 Å². The van der Waals surface area contributed by atoms with E-state index >= 15 is 0 Å². The third-order valence-electron chi connectivity index (χ3n) is 3.56. The van der Waals surface area contributed by atoms with E-state index < -0.39 is 5.97 Å². The smallest absolute Gasteiger partial charge is 0.337 e. The summed E-state index contributed by atoms with van der Waals surface area (Å²) >= 11 is 0. The molecule has 0 unspecified atom stereocenters. The lowest BCUT2D eigenvalue weighted by Gasteiger charge is -2.34. The van der Waals surface area contributed by atoms with Gasteiger partial charge in [-0.25, -0.2) is 4.79 Å². The predicted octanol–water partition coefficient (Wildman–Crippen LogP) is 2.31. The van der Waals surface area contributed by atoms with Crippen molar-refractivity contribution in [1.82, 2.24) is 0 Å². The maximum Gasteiger partial charge on any atom is 0.337 e. The van der Waals surface area contributed by atoms with Gasteiger partial charge >= 0.3 is 5.97 Å². The van der Waals surface area contributed by atoms with E-state index in [2.05, 4.69) is 4.90 Å². The summed E-state index contributed by atoms with van der Waals surface area (Å²) in [6.45, 7) is 3.66. The summed E-state index contributed by atoms with van der Waals surface area (Å²) in [6.07, 6.45) is 2.20. The van der Waals surface area contributed by atoms with Gasteiger partial charge in [0.2, 0.25) is 0 Å². The average Bonchev–Trinajstić information content (AvgIpc) is 2.38. The largest absolute Gasteiger partial charge is 0.478 e. The lowest BCUT2D eigenvalue weighted by molar-refractivity contribution is 0.0696. The summed E-state index contributed by atoms with van der Waals surface area (Å²) in [5.74, 6) is -0.859. The molecule has 0 radical (unpaired) electrons. The number of nitrogens with zero attached hydrogens (tertiary/aromatic N) is 1. The third kappa shape index (κ3) is 2.48. The van der Waals surface area contributed by atoms with Crippen molar-refractivity contribution in [2.24, 2.45) is 0 Å². The lowest BCUT2D eigenvalue weighted by atomic mass is 10.0. The Morgan fingerprint density at radius 1 is 1.39 bits per heavy atom. The molecule has 1 N–H and O–H groups in total. The van der Waals surface area contributed by atoms with Gasteiger partial charge in [0.05, 0.1) is 17.4 Å². The Hall–Kier alpha value is -1.55. The van der Waals surface area contributed by atoms with Gasteiger partial charge in [0.15, 0.2) is 0 Å². The molecule has 0 amide bonds. The summed E-state index contributed by atoms with van der Waals surface area (Å²) in [5.41, 5.74) is 2.27. The van der Waals surface area contributed by atoms with Crippen LogP contribution in [0.5, 0.6) is 0 Å². The molecule has 0 aliphatic carbocycles. The lowest BCUT2D eigenvalue weighted by Crippen LogP contribution is -2.37. The zero-order chi connectivity index (χ0) is 13.1. The molecule has 1 saturated heterocycles. The Morgan fingerprint density at radius 3 is 2.61 bits per heavy atom. The zero-order valence-corrected chi connectivity index (χ0v) is 10.8. The molecule has 1 aromatic carbocycles. The molecule has 1 aliphatic rings. The second kappa shape index (κ2) is 5.40. The van der Waals surface area contributed by atoms with Crippen LogP contribution < -0.4 is 4.90 Å². The number of methoxy groups -OCH3 is 1. The molecule has 1 heterocycles. The minimum absolute atomic E-state index is 0.304. The van der Waals surface area contributed by atoms with Crippen LogP contribution in [0.2, 0.25) is 0 Å². The van der Waals surface area contributed by atoms with Crippen molar-refractivity contribution in [2.75, 3.05) is 25.1 Å². The molecule has 0 aromatic heterocycles. The molecule has 1 fully saturated rings. The molecule has 18 heavy (non-hydrogen) atoms. The highest BCUT2D eigenvalue weighted by Crippen LogP contribution is 2.28. The van der Waals surface area contributed by atoms with Crippen molar-refractivity contribution < 1.29 is 14.6 Å². The number of aromatic carboxylic acids is 1. The number of benzene rings is 1. The summed E-state index contributed by atoms with van der Waals surface area (Å²) in [5, 5.41) is 9.27. The maximum absolute atomic E-state index is 11.3. The first kappa shape index (κ1) is 12.9. The van der Waals surface area contributed by atoms with E-state index in [1.165, 1.54) is 0 Å². The Morgan fingerprint density at radius 2 is 2.06 bits per heavy atom. The molecule has 0 saturated carbocycles. The number of hydrogen-bond acceptors (Lipinski definition) is 3. The van der Waals surface area contributed by atoms with Gasteiger partial charge in [-0.2, -0.15) is 0 Å². The molecule has 0 atom stereocenters. The Kier molecular flexibility index (Phi) is 3.87. The summed E-state index contributed by atoms with van der Waals surface area (Å²) in [4.78, 5) is 13.4.